The van der Waals surface area contributed by atoms with E-state index in [0.717, 1.165) is 16.8 Å². The summed E-state index contributed by atoms with van der Waals surface area (Å²) in [5.74, 6) is -1.24. The summed E-state index contributed by atoms with van der Waals surface area (Å²) < 4.78 is 16.6. The van der Waals surface area contributed by atoms with Crippen LogP contribution in [0.3, 0.4) is 0 Å². The number of carbonyl (C=O) groups excluding carboxylic acids is 2. The number of aromatic amines is 1. The largest absolute Gasteiger partial charge is 0.463 e. The molecule has 4 rings (SSSR count). The van der Waals surface area contributed by atoms with Gasteiger partial charge in [0, 0.05) is 23.4 Å². The number of aromatic nitrogens is 2. The van der Waals surface area contributed by atoms with Gasteiger partial charge >= 0.3 is 17.6 Å². The first-order valence-corrected chi connectivity index (χ1v) is 11.8. The molecule has 13 heteroatoms. The van der Waals surface area contributed by atoms with E-state index in [9.17, 15) is 34.6 Å². The molecular formula is C26H25N3O10. The fourth-order valence-electron chi connectivity index (χ4n) is 3.92. The summed E-state index contributed by atoms with van der Waals surface area (Å²) in [7, 11) is 0. The van der Waals surface area contributed by atoms with Gasteiger partial charge in [-0.3, -0.25) is 23.9 Å². The molecule has 1 aliphatic rings. The number of benzene rings is 2. The highest BCUT2D eigenvalue weighted by Gasteiger charge is 2.44. The summed E-state index contributed by atoms with van der Waals surface area (Å²) in [6, 6.07) is 16.4. The molecule has 4 N–H and O–H groups in total. The molecule has 0 radical (unpaired) electrons. The third kappa shape index (κ3) is 6.65. The molecule has 1 aromatic heterocycles. The zero-order valence-electron chi connectivity index (χ0n) is 20.4. The molecule has 0 saturated carbocycles. The molecule has 4 atom stereocenters. The lowest BCUT2D eigenvalue weighted by molar-refractivity contribution is -0.152. The Morgan fingerprint density at radius 1 is 0.923 bits per heavy atom. The molecule has 2 heterocycles. The number of H-pyrrole nitrogens is 1. The first-order valence-electron chi connectivity index (χ1n) is 11.8. The third-order valence-corrected chi connectivity index (χ3v) is 5.91. The van der Waals surface area contributed by atoms with Gasteiger partial charge in [0.25, 0.3) is 5.56 Å². The van der Waals surface area contributed by atoms with Crippen LogP contribution in [0.1, 0.15) is 30.2 Å². The number of aliphatic hydroxyl groups excluding tert-OH is 2. The van der Waals surface area contributed by atoms with Crippen LogP contribution in [0.15, 0.2) is 81.6 Å². The molecule has 1 aliphatic heterocycles. The van der Waals surface area contributed by atoms with Crippen molar-refractivity contribution in [2.75, 3.05) is 6.61 Å². The Hall–Kier alpha value is -4.59. The molecule has 204 valence electrons. The molecule has 3 aromatic rings. The van der Waals surface area contributed by atoms with Gasteiger partial charge in [0.1, 0.15) is 36.4 Å². The maximum absolute atomic E-state index is 12.2. The number of aliphatic hydroxyl groups is 2. The minimum Gasteiger partial charge on any atom is -0.463 e. The Kier molecular flexibility index (Phi) is 8.66. The Balaban J connectivity index is 1.24. The average Bonchev–Trinajstić information content (AvgIpc) is 3.21. The maximum atomic E-state index is 12.2. The summed E-state index contributed by atoms with van der Waals surface area (Å²) in [6.07, 6.45) is -4.96. The van der Waals surface area contributed by atoms with E-state index < -0.39 is 54.3 Å². The van der Waals surface area contributed by atoms with Crippen LogP contribution in [0.25, 0.3) is 0 Å². The van der Waals surface area contributed by atoms with Gasteiger partial charge in [-0.2, -0.15) is 0 Å². The van der Waals surface area contributed by atoms with Crippen molar-refractivity contribution in [2.24, 2.45) is 5.16 Å². The number of hydrogen-bond acceptors (Lipinski definition) is 11. The van der Waals surface area contributed by atoms with E-state index in [-0.39, 0.29) is 18.6 Å². The van der Waals surface area contributed by atoms with Crippen LogP contribution in [0.2, 0.25) is 0 Å². The van der Waals surface area contributed by atoms with Crippen molar-refractivity contribution in [1.29, 1.82) is 0 Å². The monoisotopic (exact) mass is 539 g/mol. The van der Waals surface area contributed by atoms with Crippen molar-refractivity contribution in [3.05, 3.63) is 98.8 Å². The molecule has 1 saturated heterocycles. The Morgan fingerprint density at radius 3 is 2.26 bits per heavy atom. The van der Waals surface area contributed by atoms with E-state index in [1.807, 2.05) is 23.2 Å². The summed E-state index contributed by atoms with van der Waals surface area (Å²) >= 11 is 0. The summed E-state index contributed by atoms with van der Waals surface area (Å²) in [4.78, 5) is 49.5. The van der Waals surface area contributed by atoms with E-state index in [4.69, 9.17) is 14.2 Å². The lowest BCUT2D eigenvalue weighted by Gasteiger charge is -2.16. The van der Waals surface area contributed by atoms with Crippen LogP contribution in [-0.4, -0.2) is 67.5 Å². The predicted molar refractivity (Wildman–Crippen MR) is 133 cm³/mol. The number of esters is 2. The zero-order chi connectivity index (χ0) is 27.9. The van der Waals surface area contributed by atoms with Gasteiger partial charge in [-0.1, -0.05) is 35.5 Å². The predicted octanol–water partition coefficient (Wildman–Crippen LogP) is 0.311. The molecule has 13 nitrogen and oxygen atoms in total. The van der Waals surface area contributed by atoms with Crippen molar-refractivity contribution in [1.82, 2.24) is 9.55 Å². The van der Waals surface area contributed by atoms with Crippen LogP contribution in [0, 0.1) is 0 Å². The van der Waals surface area contributed by atoms with Gasteiger partial charge in [0.15, 0.2) is 6.23 Å². The lowest BCUT2D eigenvalue weighted by Crippen LogP contribution is -2.37. The van der Waals surface area contributed by atoms with Gasteiger partial charge < -0.3 is 29.6 Å². The molecule has 39 heavy (non-hydrogen) atoms. The van der Waals surface area contributed by atoms with Gasteiger partial charge in [-0.15, -0.1) is 0 Å². The van der Waals surface area contributed by atoms with Gasteiger partial charge in [0.2, 0.25) is 0 Å². The molecule has 1 unspecified atom stereocenters. The summed E-state index contributed by atoms with van der Waals surface area (Å²) in [5, 5.41) is 33.2. The van der Waals surface area contributed by atoms with Crippen LogP contribution < -0.4 is 16.0 Å². The smallest absolute Gasteiger partial charge is 0.330 e. The standard InChI is InChI=1S/C26H25N3O10/c30-19-12-13-29(26(35)27-19)25-24(34)23(33)18(39-25)14-37-20(31)10-11-21(32)38-17-8-6-16(7-9-17)22(28-36)15-4-2-1-3-5-15/h1-9,12-13,18,23-25,33-34,36H,10-11,14H2,(H,27,30,35)/b28-22+/t18-,23-,24-,25?/m1/s1. The number of oxime groups is 1. The third-order valence-electron chi connectivity index (χ3n) is 5.91. The van der Waals surface area contributed by atoms with Crippen molar-refractivity contribution in [3.8, 4) is 5.75 Å². The number of rotatable bonds is 9. The molecule has 1 fully saturated rings. The summed E-state index contributed by atoms with van der Waals surface area (Å²) in [5.41, 5.74) is 0.161. The van der Waals surface area contributed by atoms with Crippen molar-refractivity contribution < 1.29 is 39.2 Å². The first kappa shape index (κ1) is 27.4. The van der Waals surface area contributed by atoms with Crippen molar-refractivity contribution in [2.45, 2.75) is 37.4 Å². The second kappa shape index (κ2) is 12.3. The highest BCUT2D eigenvalue weighted by Crippen LogP contribution is 2.28. The molecule has 0 bridgehead atoms. The number of nitrogens with one attached hydrogen (secondary N) is 1. The number of nitrogens with zero attached hydrogens (tertiary/aromatic N) is 2. The van der Waals surface area contributed by atoms with Crippen LogP contribution in [0.4, 0.5) is 0 Å². The zero-order valence-corrected chi connectivity index (χ0v) is 20.4. The maximum Gasteiger partial charge on any atom is 0.330 e. The molecular weight excluding hydrogens is 514 g/mol. The molecule has 0 amide bonds. The van der Waals surface area contributed by atoms with Gasteiger partial charge in [0.05, 0.1) is 12.8 Å². The van der Waals surface area contributed by atoms with Gasteiger partial charge in [-0.25, -0.2) is 4.79 Å². The Morgan fingerprint density at radius 2 is 1.59 bits per heavy atom. The normalized spacial score (nSPS) is 20.9. The van der Waals surface area contributed by atoms with E-state index in [1.54, 1.807) is 24.3 Å². The molecule has 0 spiro atoms. The Bertz CT molecular complexity index is 1450. The van der Waals surface area contributed by atoms with Crippen molar-refractivity contribution in [3.63, 3.8) is 0 Å². The van der Waals surface area contributed by atoms with E-state index in [2.05, 4.69) is 5.16 Å². The minimum atomic E-state index is -1.52. The van der Waals surface area contributed by atoms with Crippen LogP contribution >= 0.6 is 0 Å². The van der Waals surface area contributed by atoms with E-state index >= 15 is 0 Å². The summed E-state index contributed by atoms with van der Waals surface area (Å²) in [6.45, 7) is -0.446. The van der Waals surface area contributed by atoms with E-state index in [0.29, 0.717) is 16.8 Å². The molecule has 2 aromatic carbocycles. The number of ether oxygens (including phenoxy) is 3. The fraction of sp³-hybridized carbons (Fsp3) is 0.269. The average molecular weight is 539 g/mol. The second-order valence-electron chi connectivity index (χ2n) is 8.56. The van der Waals surface area contributed by atoms with E-state index in [1.165, 1.54) is 12.1 Å². The Labute approximate surface area is 220 Å². The van der Waals surface area contributed by atoms with Gasteiger partial charge in [-0.05, 0) is 24.3 Å². The first-order chi connectivity index (χ1) is 18.8. The van der Waals surface area contributed by atoms with Crippen molar-refractivity contribution >= 4 is 17.7 Å². The second-order valence-corrected chi connectivity index (χ2v) is 8.56. The number of hydrogen-bond donors (Lipinski definition) is 4. The highest BCUT2D eigenvalue weighted by atomic mass is 16.6. The van der Waals surface area contributed by atoms with Crippen LogP contribution in [-0.2, 0) is 19.1 Å². The van der Waals surface area contributed by atoms with Crippen LogP contribution in [0.5, 0.6) is 5.75 Å². The number of carbonyl (C=O) groups is 2. The highest BCUT2D eigenvalue weighted by molar-refractivity contribution is 6.12. The molecule has 0 aliphatic carbocycles. The SMILES string of the molecule is O=C(CCC(=O)Oc1ccc(/C(=N/O)c2ccccc2)cc1)OC[C@H]1OC(n2ccc(=O)[nH]c2=O)[C@H](O)[C@@H]1O. The quantitative estimate of drug-likeness (QED) is 0.0968. The topological polar surface area (TPSA) is 190 Å². The minimum absolute atomic E-state index is 0.225. The fourth-order valence-corrected chi connectivity index (χ4v) is 3.92. The lowest BCUT2D eigenvalue weighted by atomic mass is 10.0.